The highest BCUT2D eigenvalue weighted by atomic mass is 16.6. The zero-order valence-electron chi connectivity index (χ0n) is 8.91. The van der Waals surface area contributed by atoms with Gasteiger partial charge in [-0.1, -0.05) is 11.8 Å². The van der Waals surface area contributed by atoms with Crippen LogP contribution in [0.2, 0.25) is 0 Å². The first kappa shape index (κ1) is 13.2. The summed E-state index contributed by atoms with van der Waals surface area (Å²) in [5.74, 6) is 2.81. The van der Waals surface area contributed by atoms with Crippen LogP contribution in [-0.2, 0) is 4.79 Å². The number of carboxylic acid groups (broad SMARTS) is 1. The van der Waals surface area contributed by atoms with Crippen LogP contribution in [0, 0.1) is 22.0 Å². The molecule has 1 rings (SSSR count). The summed E-state index contributed by atoms with van der Waals surface area (Å²) in [7, 11) is 0. The van der Waals surface area contributed by atoms with Gasteiger partial charge in [0.15, 0.2) is 6.29 Å². The average Bonchev–Trinajstić information content (AvgIpc) is 2.30. The first-order valence-corrected chi connectivity index (χ1v) is 4.63. The number of non-ortho nitro benzene ring substituents is 1. The molecule has 18 heavy (non-hydrogen) atoms. The van der Waals surface area contributed by atoms with Gasteiger partial charge >= 0.3 is 5.97 Å². The number of phenolic OH excluding ortho intramolecular Hbond substituents is 1. The number of nitro groups is 1. The standard InChI is InChI=1S/C11H7NO6/c13-6-8-5-9(12(17)18)4-7(11(8)16)2-1-3-10(14)15/h4-6,16H,3H2,(H,14,15). The van der Waals surface area contributed by atoms with Crippen molar-refractivity contribution in [3.8, 4) is 17.6 Å². The largest absolute Gasteiger partial charge is 0.506 e. The Labute approximate surface area is 101 Å². The number of aldehydes is 1. The van der Waals surface area contributed by atoms with Gasteiger partial charge in [0.05, 0.1) is 16.1 Å². The molecule has 0 spiro atoms. The molecule has 0 saturated heterocycles. The SMILES string of the molecule is O=Cc1cc([N+](=O)[O-])cc(C#CCC(=O)O)c1O. The van der Waals surface area contributed by atoms with Crippen LogP contribution in [0.3, 0.4) is 0 Å². The zero-order chi connectivity index (χ0) is 13.7. The van der Waals surface area contributed by atoms with Crippen molar-refractivity contribution in [3.63, 3.8) is 0 Å². The number of carbonyl (C=O) groups excluding carboxylic acids is 1. The van der Waals surface area contributed by atoms with Crippen LogP contribution >= 0.6 is 0 Å². The van der Waals surface area contributed by atoms with Crippen LogP contribution in [0.1, 0.15) is 22.3 Å². The highest BCUT2D eigenvalue weighted by molar-refractivity contribution is 5.82. The van der Waals surface area contributed by atoms with Gasteiger partial charge in [0, 0.05) is 12.1 Å². The van der Waals surface area contributed by atoms with Crippen LogP contribution in [-0.4, -0.2) is 27.4 Å². The number of carboxylic acids is 1. The molecule has 0 radical (unpaired) electrons. The van der Waals surface area contributed by atoms with Crippen molar-refractivity contribution in [1.82, 2.24) is 0 Å². The van der Waals surface area contributed by atoms with Crippen molar-refractivity contribution in [2.75, 3.05) is 0 Å². The highest BCUT2D eigenvalue weighted by Gasteiger charge is 2.14. The van der Waals surface area contributed by atoms with Gasteiger partial charge in [0.2, 0.25) is 0 Å². The zero-order valence-corrected chi connectivity index (χ0v) is 8.91. The van der Waals surface area contributed by atoms with Gasteiger partial charge in [-0.15, -0.1) is 0 Å². The third-order valence-electron chi connectivity index (χ3n) is 1.92. The molecule has 0 aromatic heterocycles. The molecule has 1 aromatic carbocycles. The molecule has 0 bridgehead atoms. The van der Waals surface area contributed by atoms with E-state index >= 15 is 0 Å². The van der Waals surface area contributed by atoms with Gasteiger partial charge in [0.25, 0.3) is 5.69 Å². The molecule has 92 valence electrons. The maximum Gasteiger partial charge on any atom is 0.315 e. The van der Waals surface area contributed by atoms with E-state index in [4.69, 9.17) is 5.11 Å². The van der Waals surface area contributed by atoms with Gasteiger partial charge in [0.1, 0.15) is 12.2 Å². The number of rotatable bonds is 3. The van der Waals surface area contributed by atoms with E-state index in [1.54, 1.807) is 0 Å². The van der Waals surface area contributed by atoms with Crippen LogP contribution in [0.5, 0.6) is 5.75 Å². The van der Waals surface area contributed by atoms with Crippen LogP contribution < -0.4 is 0 Å². The van der Waals surface area contributed by atoms with E-state index in [2.05, 4.69) is 11.8 Å². The molecule has 0 fully saturated rings. The Morgan fingerprint density at radius 3 is 2.67 bits per heavy atom. The molecule has 0 unspecified atom stereocenters. The minimum atomic E-state index is -1.16. The Bertz CT molecular complexity index is 581. The number of benzene rings is 1. The molecule has 0 aliphatic heterocycles. The van der Waals surface area contributed by atoms with Crippen molar-refractivity contribution in [3.05, 3.63) is 33.4 Å². The maximum atomic E-state index is 10.6. The fraction of sp³-hybridized carbons (Fsp3) is 0.0909. The molecule has 2 N–H and O–H groups in total. The predicted octanol–water partition coefficient (Wildman–Crippen LogP) is 0.939. The summed E-state index contributed by atoms with van der Waals surface area (Å²) in [6, 6.07) is 1.88. The Morgan fingerprint density at radius 1 is 1.50 bits per heavy atom. The quantitative estimate of drug-likeness (QED) is 0.356. The molecule has 0 amide bonds. The van der Waals surface area contributed by atoms with Crippen molar-refractivity contribution in [1.29, 1.82) is 0 Å². The summed E-state index contributed by atoms with van der Waals surface area (Å²) in [6.07, 6.45) is -0.219. The van der Waals surface area contributed by atoms with Gasteiger partial charge < -0.3 is 10.2 Å². The number of hydrogen-bond donors (Lipinski definition) is 2. The van der Waals surface area contributed by atoms with E-state index in [0.717, 1.165) is 12.1 Å². The average molecular weight is 249 g/mol. The lowest BCUT2D eigenvalue weighted by Gasteiger charge is -2.00. The predicted molar refractivity (Wildman–Crippen MR) is 59.3 cm³/mol. The fourth-order valence-corrected chi connectivity index (χ4v) is 1.15. The molecule has 7 nitrogen and oxygen atoms in total. The first-order chi connectivity index (χ1) is 8.45. The number of phenols is 1. The minimum absolute atomic E-state index is 0.160. The van der Waals surface area contributed by atoms with E-state index in [1.807, 2.05) is 0 Å². The normalized spacial score (nSPS) is 9.11. The monoisotopic (exact) mass is 249 g/mol. The smallest absolute Gasteiger partial charge is 0.315 e. The number of nitro benzene ring substituents is 1. The van der Waals surface area contributed by atoms with E-state index in [-0.39, 0.29) is 17.4 Å². The molecular formula is C11H7NO6. The maximum absolute atomic E-state index is 10.6. The van der Waals surface area contributed by atoms with Gasteiger partial charge in [-0.2, -0.15) is 0 Å². The van der Waals surface area contributed by atoms with Crippen LogP contribution in [0.25, 0.3) is 0 Å². The number of aromatic hydroxyl groups is 1. The second kappa shape index (κ2) is 5.45. The molecule has 0 saturated carbocycles. The molecule has 1 aromatic rings. The summed E-state index contributed by atoms with van der Waals surface area (Å²) >= 11 is 0. The Hall–Kier alpha value is -2.88. The lowest BCUT2D eigenvalue weighted by Crippen LogP contribution is -1.94. The van der Waals surface area contributed by atoms with E-state index in [9.17, 15) is 24.8 Å². The van der Waals surface area contributed by atoms with E-state index in [0.29, 0.717) is 0 Å². The second-order valence-corrected chi connectivity index (χ2v) is 3.18. The number of aliphatic carboxylic acids is 1. The lowest BCUT2D eigenvalue weighted by atomic mass is 10.1. The summed E-state index contributed by atoms with van der Waals surface area (Å²) < 4.78 is 0. The number of carbonyl (C=O) groups is 2. The highest BCUT2D eigenvalue weighted by Crippen LogP contribution is 2.26. The van der Waals surface area contributed by atoms with Gasteiger partial charge in [-0.3, -0.25) is 19.7 Å². The van der Waals surface area contributed by atoms with Crippen molar-refractivity contribution in [2.45, 2.75) is 6.42 Å². The van der Waals surface area contributed by atoms with Crippen molar-refractivity contribution >= 4 is 17.9 Å². The van der Waals surface area contributed by atoms with E-state index < -0.39 is 28.8 Å². The topological polar surface area (TPSA) is 118 Å². The third kappa shape index (κ3) is 3.05. The molecule has 7 heteroatoms. The summed E-state index contributed by atoms with van der Waals surface area (Å²) in [5.41, 5.74) is -0.842. The van der Waals surface area contributed by atoms with Gasteiger partial charge in [-0.25, -0.2) is 0 Å². The Kier molecular flexibility index (Phi) is 3.99. The summed E-state index contributed by atoms with van der Waals surface area (Å²) in [4.78, 5) is 30.7. The molecule has 0 atom stereocenters. The number of nitrogens with zero attached hydrogens (tertiary/aromatic N) is 1. The van der Waals surface area contributed by atoms with E-state index in [1.165, 1.54) is 0 Å². The van der Waals surface area contributed by atoms with Gasteiger partial charge in [-0.05, 0) is 0 Å². The third-order valence-corrected chi connectivity index (χ3v) is 1.92. The van der Waals surface area contributed by atoms with Crippen LogP contribution in [0.4, 0.5) is 5.69 Å². The number of hydrogen-bond acceptors (Lipinski definition) is 5. The summed E-state index contributed by atoms with van der Waals surface area (Å²) in [6.45, 7) is 0. The summed E-state index contributed by atoms with van der Waals surface area (Å²) in [5, 5.41) is 28.5. The Morgan fingerprint density at radius 2 is 2.17 bits per heavy atom. The van der Waals surface area contributed by atoms with Crippen LogP contribution in [0.15, 0.2) is 12.1 Å². The van der Waals surface area contributed by atoms with Crippen molar-refractivity contribution < 1.29 is 24.7 Å². The first-order valence-electron chi connectivity index (χ1n) is 4.63. The molecule has 0 aliphatic rings. The second-order valence-electron chi connectivity index (χ2n) is 3.18. The molecular weight excluding hydrogens is 242 g/mol. The molecule has 0 heterocycles. The minimum Gasteiger partial charge on any atom is -0.506 e. The molecule has 0 aliphatic carbocycles. The lowest BCUT2D eigenvalue weighted by molar-refractivity contribution is -0.384. The Balaban J connectivity index is 3.27. The van der Waals surface area contributed by atoms with Crippen molar-refractivity contribution in [2.24, 2.45) is 0 Å². The fourth-order valence-electron chi connectivity index (χ4n) is 1.15.